The summed E-state index contributed by atoms with van der Waals surface area (Å²) in [5, 5.41) is 8.40. The van der Waals surface area contributed by atoms with Gasteiger partial charge in [-0.25, -0.2) is 6.57 Å². The lowest BCUT2D eigenvalue weighted by atomic mass is 9.82. The average Bonchev–Trinajstić information content (AvgIpc) is 2.16. The number of hydrogen-bond donors (Lipinski definition) is 0. The van der Waals surface area contributed by atoms with Crippen LogP contribution >= 0.6 is 0 Å². The van der Waals surface area contributed by atoms with Crippen LogP contribution in [0.15, 0.2) is 0 Å². The molecule has 0 aliphatic carbocycles. The van der Waals surface area contributed by atoms with Gasteiger partial charge >= 0.3 is 18.2 Å². The Bertz CT molecular complexity index is 325. The highest BCUT2D eigenvalue weighted by Crippen LogP contribution is 2.43. The predicted molar refractivity (Wildman–Crippen MR) is 42.2 cm³/mol. The molecule has 15 heavy (non-hydrogen) atoms. The summed E-state index contributed by atoms with van der Waals surface area (Å²) in [7, 11) is 0.769. The largest absolute Gasteiger partial charge is 0.468 e. The van der Waals surface area contributed by atoms with Gasteiger partial charge in [0, 0.05) is 0 Å². The van der Waals surface area contributed by atoms with E-state index in [4.69, 9.17) is 11.8 Å². The zero-order chi connectivity index (χ0) is 12.3. The maximum absolute atomic E-state index is 12.6. The van der Waals surface area contributed by atoms with E-state index < -0.39 is 23.6 Å². The molecule has 0 aliphatic rings. The maximum atomic E-state index is 12.6. The summed E-state index contributed by atoms with van der Waals surface area (Å²) in [5.74, 6) is -1.64. The lowest BCUT2D eigenvalue weighted by Gasteiger charge is -2.26. The third-order valence-corrected chi connectivity index (χ3v) is 2.00. The number of esters is 1. The molecule has 2 unspecified atom stereocenters. The first kappa shape index (κ1) is 13.2. The zero-order valence-electron chi connectivity index (χ0n) is 7.92. The first-order valence-electron chi connectivity index (χ1n) is 3.67. The average molecular weight is 220 g/mol. The van der Waals surface area contributed by atoms with Crippen molar-refractivity contribution < 1.29 is 22.7 Å². The Kier molecular flexibility index (Phi) is 3.69. The van der Waals surface area contributed by atoms with E-state index in [1.807, 2.05) is 0 Å². The molecule has 0 aromatic rings. The Morgan fingerprint density at radius 3 is 2.27 bits per heavy atom. The molecule has 7 heteroatoms. The standard InChI is InChI=1S/C8H7F3N2O2/c1-7(6(14)15-3,8(9,10)11)5(4-12)13-2/h5H,1,3H3. The topological polar surface area (TPSA) is 54.5 Å². The monoisotopic (exact) mass is 220 g/mol. The fourth-order valence-electron chi connectivity index (χ4n) is 0.881. The number of carbonyl (C=O) groups excluding carboxylic acids is 1. The number of nitrogens with zero attached hydrogens (tertiary/aromatic N) is 2. The van der Waals surface area contributed by atoms with Crippen molar-refractivity contribution >= 4 is 5.97 Å². The molecule has 0 bridgehead atoms. The Hall–Kier alpha value is -1.76. The van der Waals surface area contributed by atoms with Crippen LogP contribution in [0.2, 0.25) is 0 Å². The van der Waals surface area contributed by atoms with Gasteiger partial charge in [-0.2, -0.15) is 18.4 Å². The van der Waals surface area contributed by atoms with E-state index in [0.717, 1.165) is 13.2 Å². The molecule has 0 amide bonds. The summed E-state index contributed by atoms with van der Waals surface area (Å²) in [6.07, 6.45) is -5.01. The molecule has 0 N–H and O–H groups in total. The maximum Gasteiger partial charge on any atom is 0.413 e. The first-order chi connectivity index (χ1) is 6.75. The van der Waals surface area contributed by atoms with Gasteiger partial charge in [0.15, 0.2) is 6.07 Å². The molecule has 0 fully saturated rings. The number of hydrogen-bond acceptors (Lipinski definition) is 3. The molecule has 82 valence electrons. The number of halogens is 3. The summed E-state index contributed by atoms with van der Waals surface area (Å²) in [6, 6.07) is -1.01. The van der Waals surface area contributed by atoms with Crippen LogP contribution in [-0.2, 0) is 9.53 Å². The van der Waals surface area contributed by atoms with Crippen LogP contribution < -0.4 is 0 Å². The molecule has 0 heterocycles. The van der Waals surface area contributed by atoms with E-state index in [2.05, 4.69) is 9.58 Å². The van der Waals surface area contributed by atoms with E-state index in [-0.39, 0.29) is 0 Å². The van der Waals surface area contributed by atoms with Gasteiger partial charge in [-0.3, -0.25) is 9.64 Å². The van der Waals surface area contributed by atoms with Crippen LogP contribution in [0.25, 0.3) is 4.85 Å². The van der Waals surface area contributed by atoms with E-state index >= 15 is 0 Å². The number of alkyl halides is 3. The zero-order valence-corrected chi connectivity index (χ0v) is 7.92. The van der Waals surface area contributed by atoms with Gasteiger partial charge in [-0.05, 0) is 6.92 Å². The van der Waals surface area contributed by atoms with Crippen molar-refractivity contribution in [2.24, 2.45) is 5.41 Å². The van der Waals surface area contributed by atoms with Gasteiger partial charge in [-0.1, -0.05) is 0 Å². The van der Waals surface area contributed by atoms with Crippen molar-refractivity contribution in [3.8, 4) is 6.07 Å². The van der Waals surface area contributed by atoms with Gasteiger partial charge in [0.2, 0.25) is 5.41 Å². The second-order valence-corrected chi connectivity index (χ2v) is 2.85. The smallest absolute Gasteiger partial charge is 0.413 e. The molecule has 0 saturated heterocycles. The van der Waals surface area contributed by atoms with Crippen LogP contribution in [0.1, 0.15) is 6.92 Å². The second-order valence-electron chi connectivity index (χ2n) is 2.85. The third-order valence-electron chi connectivity index (χ3n) is 2.00. The minimum Gasteiger partial charge on any atom is -0.468 e. The van der Waals surface area contributed by atoms with Gasteiger partial charge in [0.1, 0.15) is 0 Å². The predicted octanol–water partition coefficient (Wildman–Crippen LogP) is 1.54. The normalized spacial score (nSPS) is 16.7. The SMILES string of the molecule is [C-]#[N+]C(C#N)C(C)(C(=O)OC)C(F)(F)F. The number of rotatable bonds is 2. The molecule has 0 rings (SSSR count). The summed E-state index contributed by atoms with van der Waals surface area (Å²) in [4.78, 5) is 13.5. The molecule has 0 radical (unpaired) electrons. The Labute approximate surface area is 84.1 Å². The minimum atomic E-state index is -5.01. The Balaban J connectivity index is 5.54. The molecule has 0 saturated carbocycles. The number of methoxy groups -OCH3 is 1. The van der Waals surface area contributed by atoms with Crippen LogP contribution in [-0.4, -0.2) is 25.3 Å². The summed E-state index contributed by atoms with van der Waals surface area (Å²) < 4.78 is 41.7. The van der Waals surface area contributed by atoms with Gasteiger partial charge in [0.25, 0.3) is 0 Å². The highest BCUT2D eigenvalue weighted by molar-refractivity contribution is 5.79. The van der Waals surface area contributed by atoms with Crippen LogP contribution in [0.3, 0.4) is 0 Å². The third kappa shape index (κ3) is 2.01. The summed E-state index contributed by atoms with van der Waals surface area (Å²) >= 11 is 0. The Morgan fingerprint density at radius 1 is 1.60 bits per heavy atom. The fraction of sp³-hybridized carbons (Fsp3) is 0.625. The van der Waals surface area contributed by atoms with Crippen molar-refractivity contribution in [2.45, 2.75) is 19.1 Å². The Morgan fingerprint density at radius 2 is 2.07 bits per heavy atom. The molecule has 4 nitrogen and oxygen atoms in total. The summed E-state index contributed by atoms with van der Waals surface area (Å²) in [5.41, 5.74) is -3.11. The van der Waals surface area contributed by atoms with Gasteiger partial charge < -0.3 is 4.74 Å². The fourth-order valence-corrected chi connectivity index (χ4v) is 0.881. The van der Waals surface area contributed by atoms with Crippen molar-refractivity contribution in [1.82, 2.24) is 0 Å². The van der Waals surface area contributed by atoms with Crippen LogP contribution in [0.5, 0.6) is 0 Å². The molecule has 0 aliphatic heterocycles. The van der Waals surface area contributed by atoms with Crippen molar-refractivity contribution in [3.05, 3.63) is 11.4 Å². The van der Waals surface area contributed by atoms with E-state index in [0.29, 0.717) is 6.92 Å². The van der Waals surface area contributed by atoms with Crippen molar-refractivity contribution in [2.75, 3.05) is 7.11 Å². The van der Waals surface area contributed by atoms with Crippen molar-refractivity contribution in [3.63, 3.8) is 0 Å². The summed E-state index contributed by atoms with van der Waals surface area (Å²) in [6.45, 7) is 6.94. The van der Waals surface area contributed by atoms with Gasteiger partial charge in [0.05, 0.1) is 7.11 Å². The molecule has 0 aromatic heterocycles. The van der Waals surface area contributed by atoms with Crippen LogP contribution in [0, 0.1) is 23.3 Å². The van der Waals surface area contributed by atoms with E-state index in [1.165, 1.54) is 0 Å². The molecular weight excluding hydrogens is 213 g/mol. The number of nitriles is 1. The lowest BCUT2D eigenvalue weighted by molar-refractivity contribution is -0.228. The minimum absolute atomic E-state index is 0.477. The number of ether oxygens (including phenoxy) is 1. The highest BCUT2D eigenvalue weighted by atomic mass is 19.4. The molecular formula is C8H7F3N2O2. The lowest BCUT2D eigenvalue weighted by Crippen LogP contribution is -2.50. The molecule has 2 atom stereocenters. The highest BCUT2D eigenvalue weighted by Gasteiger charge is 2.67. The quantitative estimate of drug-likeness (QED) is 0.524. The van der Waals surface area contributed by atoms with Crippen molar-refractivity contribution in [1.29, 1.82) is 5.26 Å². The van der Waals surface area contributed by atoms with E-state index in [1.54, 1.807) is 0 Å². The first-order valence-corrected chi connectivity index (χ1v) is 3.67. The number of carbonyl (C=O) groups is 1. The molecule has 0 spiro atoms. The second kappa shape index (κ2) is 4.18. The molecule has 0 aromatic carbocycles. The van der Waals surface area contributed by atoms with Gasteiger partial charge in [-0.15, -0.1) is 0 Å². The van der Waals surface area contributed by atoms with E-state index in [9.17, 15) is 18.0 Å². The van der Waals surface area contributed by atoms with Crippen LogP contribution in [0.4, 0.5) is 13.2 Å².